The first kappa shape index (κ1) is 17.9. The first-order valence-electron chi connectivity index (χ1n) is 8.40. The Balaban J connectivity index is 1.54. The summed E-state index contributed by atoms with van der Waals surface area (Å²) in [6.45, 7) is 2.56. The molecule has 7 nitrogen and oxygen atoms in total. The number of nitrogens with zero attached hydrogens (tertiary/aromatic N) is 3. The molecular weight excluding hydrogens is 341 g/mol. The molecule has 1 amide bonds. The van der Waals surface area contributed by atoms with Gasteiger partial charge in [-0.15, -0.1) is 0 Å². The Kier molecular flexibility index (Phi) is 5.20. The summed E-state index contributed by atoms with van der Waals surface area (Å²) in [6.07, 6.45) is 2.71. The fourth-order valence-corrected chi connectivity index (χ4v) is 3.15. The van der Waals surface area contributed by atoms with Crippen molar-refractivity contribution in [3.8, 4) is 5.75 Å². The quantitative estimate of drug-likeness (QED) is 0.883. The minimum Gasteiger partial charge on any atom is -0.481 e. The number of halogens is 1. The summed E-state index contributed by atoms with van der Waals surface area (Å²) in [5.74, 6) is -1.63. The Bertz CT molecular complexity index is 813. The second-order valence-corrected chi connectivity index (χ2v) is 6.22. The third kappa shape index (κ3) is 3.68. The van der Waals surface area contributed by atoms with E-state index in [-0.39, 0.29) is 29.9 Å². The number of aromatic carboxylic acids is 1. The number of carbonyl (C=O) groups is 2. The number of hydrogen-bond acceptors (Lipinski definition) is 4. The van der Waals surface area contributed by atoms with E-state index in [2.05, 4.69) is 5.10 Å². The van der Waals surface area contributed by atoms with Crippen LogP contribution in [0.4, 0.5) is 4.39 Å². The molecule has 8 heteroatoms. The standard InChI is InChI=1S/C18H20FN3O4/c1-12-14(18(24)25)10-20-22(12)13-6-8-21(9-7-13)17(23)11-26-16-5-3-2-4-15(16)19/h2-5,10,13H,6-9,11H2,1H3,(H,24,25). The Morgan fingerprint density at radius 1 is 1.31 bits per heavy atom. The molecule has 0 aliphatic carbocycles. The maximum Gasteiger partial charge on any atom is 0.339 e. The van der Waals surface area contributed by atoms with E-state index in [0.717, 1.165) is 0 Å². The van der Waals surface area contributed by atoms with Gasteiger partial charge >= 0.3 is 5.97 Å². The molecule has 0 bridgehead atoms. The van der Waals surface area contributed by atoms with Crippen molar-refractivity contribution in [2.45, 2.75) is 25.8 Å². The molecule has 0 atom stereocenters. The molecule has 0 spiro atoms. The molecule has 1 aromatic carbocycles. The third-order valence-corrected chi connectivity index (χ3v) is 4.63. The van der Waals surface area contributed by atoms with Gasteiger partial charge < -0.3 is 14.7 Å². The Morgan fingerprint density at radius 3 is 2.62 bits per heavy atom. The van der Waals surface area contributed by atoms with Gasteiger partial charge in [-0.05, 0) is 31.9 Å². The van der Waals surface area contributed by atoms with Crippen molar-refractivity contribution in [1.82, 2.24) is 14.7 Å². The molecule has 1 aromatic heterocycles. The summed E-state index contributed by atoms with van der Waals surface area (Å²) in [5.41, 5.74) is 0.812. The highest BCUT2D eigenvalue weighted by Crippen LogP contribution is 2.25. The van der Waals surface area contributed by atoms with Gasteiger partial charge in [-0.2, -0.15) is 5.10 Å². The summed E-state index contributed by atoms with van der Waals surface area (Å²) in [7, 11) is 0. The monoisotopic (exact) mass is 361 g/mol. The number of carboxylic acids is 1. The number of aromatic nitrogens is 2. The average Bonchev–Trinajstić information content (AvgIpc) is 3.02. The average molecular weight is 361 g/mol. The number of amides is 1. The number of ether oxygens (including phenoxy) is 1. The van der Waals surface area contributed by atoms with Crippen LogP contribution in [0.3, 0.4) is 0 Å². The van der Waals surface area contributed by atoms with E-state index in [9.17, 15) is 14.0 Å². The van der Waals surface area contributed by atoms with Gasteiger partial charge in [0.15, 0.2) is 18.2 Å². The number of para-hydroxylation sites is 1. The van der Waals surface area contributed by atoms with Crippen LogP contribution in [0.5, 0.6) is 5.75 Å². The van der Waals surface area contributed by atoms with Crippen LogP contribution in [-0.4, -0.2) is 51.4 Å². The lowest BCUT2D eigenvalue weighted by molar-refractivity contribution is -0.134. The van der Waals surface area contributed by atoms with Crippen molar-refractivity contribution < 1.29 is 23.8 Å². The zero-order valence-corrected chi connectivity index (χ0v) is 14.4. The van der Waals surface area contributed by atoms with E-state index < -0.39 is 11.8 Å². The molecular formula is C18H20FN3O4. The number of hydrogen-bond donors (Lipinski definition) is 1. The van der Waals surface area contributed by atoms with E-state index in [1.165, 1.54) is 18.3 Å². The number of piperidine rings is 1. The van der Waals surface area contributed by atoms with Crippen molar-refractivity contribution in [2.24, 2.45) is 0 Å². The molecule has 138 valence electrons. The van der Waals surface area contributed by atoms with E-state index in [1.54, 1.807) is 28.6 Å². The van der Waals surface area contributed by atoms with Crippen LogP contribution in [0, 0.1) is 12.7 Å². The molecule has 2 aromatic rings. The van der Waals surface area contributed by atoms with Gasteiger partial charge in [-0.1, -0.05) is 12.1 Å². The highest BCUT2D eigenvalue weighted by atomic mass is 19.1. The van der Waals surface area contributed by atoms with Crippen LogP contribution < -0.4 is 4.74 Å². The fraction of sp³-hybridized carbons (Fsp3) is 0.389. The van der Waals surface area contributed by atoms with Crippen LogP contribution in [0.1, 0.15) is 34.9 Å². The van der Waals surface area contributed by atoms with Gasteiger partial charge in [-0.25, -0.2) is 9.18 Å². The molecule has 2 heterocycles. The van der Waals surface area contributed by atoms with Crippen LogP contribution in [0.15, 0.2) is 30.5 Å². The Labute approximate surface area is 150 Å². The van der Waals surface area contributed by atoms with Crippen LogP contribution in [-0.2, 0) is 4.79 Å². The molecule has 1 saturated heterocycles. The first-order chi connectivity index (χ1) is 12.5. The molecule has 1 fully saturated rings. The minimum absolute atomic E-state index is 0.0552. The smallest absolute Gasteiger partial charge is 0.339 e. The van der Waals surface area contributed by atoms with Crippen LogP contribution in [0.2, 0.25) is 0 Å². The molecule has 0 saturated carbocycles. The lowest BCUT2D eigenvalue weighted by Gasteiger charge is -2.32. The van der Waals surface area contributed by atoms with Gasteiger partial charge in [0.25, 0.3) is 5.91 Å². The summed E-state index contributed by atoms with van der Waals surface area (Å²) < 4.78 is 20.5. The van der Waals surface area contributed by atoms with Crippen LogP contribution in [0.25, 0.3) is 0 Å². The van der Waals surface area contributed by atoms with Crippen molar-refractivity contribution in [3.05, 3.63) is 47.5 Å². The summed E-state index contributed by atoms with van der Waals surface area (Å²) in [4.78, 5) is 25.1. The first-order valence-corrected chi connectivity index (χ1v) is 8.40. The molecule has 26 heavy (non-hydrogen) atoms. The van der Waals surface area contributed by atoms with Crippen molar-refractivity contribution in [1.29, 1.82) is 0 Å². The van der Waals surface area contributed by atoms with E-state index >= 15 is 0 Å². The topological polar surface area (TPSA) is 84.7 Å². The highest BCUT2D eigenvalue weighted by Gasteiger charge is 2.26. The maximum atomic E-state index is 13.5. The minimum atomic E-state index is -0.994. The number of likely N-dealkylation sites (tertiary alicyclic amines) is 1. The van der Waals surface area contributed by atoms with Crippen molar-refractivity contribution >= 4 is 11.9 Å². The SMILES string of the molecule is Cc1c(C(=O)O)cnn1C1CCN(C(=O)COc2ccccc2F)CC1. The normalized spacial score (nSPS) is 15.1. The fourth-order valence-electron chi connectivity index (χ4n) is 3.15. The molecule has 1 aliphatic rings. The summed E-state index contributed by atoms with van der Waals surface area (Å²) >= 11 is 0. The number of rotatable bonds is 5. The van der Waals surface area contributed by atoms with Crippen molar-refractivity contribution in [3.63, 3.8) is 0 Å². The molecule has 0 radical (unpaired) electrons. The maximum absolute atomic E-state index is 13.5. The van der Waals surface area contributed by atoms with E-state index in [0.29, 0.717) is 31.6 Å². The Morgan fingerprint density at radius 2 is 2.00 bits per heavy atom. The van der Waals surface area contributed by atoms with Crippen LogP contribution >= 0.6 is 0 Å². The molecule has 3 rings (SSSR count). The molecule has 1 aliphatic heterocycles. The lowest BCUT2D eigenvalue weighted by Crippen LogP contribution is -2.41. The van der Waals surface area contributed by atoms with Gasteiger partial charge in [0.2, 0.25) is 0 Å². The molecule has 0 unspecified atom stereocenters. The lowest BCUT2D eigenvalue weighted by atomic mass is 10.0. The van der Waals surface area contributed by atoms with Gasteiger partial charge in [-0.3, -0.25) is 9.48 Å². The largest absolute Gasteiger partial charge is 0.481 e. The van der Waals surface area contributed by atoms with Gasteiger partial charge in [0.05, 0.1) is 17.9 Å². The second kappa shape index (κ2) is 7.55. The summed E-state index contributed by atoms with van der Waals surface area (Å²) in [5, 5.41) is 13.3. The van der Waals surface area contributed by atoms with Gasteiger partial charge in [0.1, 0.15) is 5.56 Å². The zero-order chi connectivity index (χ0) is 18.7. The summed E-state index contributed by atoms with van der Waals surface area (Å²) in [6, 6.07) is 6.02. The third-order valence-electron chi connectivity index (χ3n) is 4.63. The van der Waals surface area contributed by atoms with E-state index in [4.69, 9.17) is 9.84 Å². The second-order valence-electron chi connectivity index (χ2n) is 6.22. The number of carbonyl (C=O) groups excluding carboxylic acids is 1. The predicted molar refractivity (Wildman–Crippen MR) is 90.7 cm³/mol. The Hall–Kier alpha value is -2.90. The number of carboxylic acid groups (broad SMARTS) is 1. The number of benzene rings is 1. The predicted octanol–water partition coefficient (Wildman–Crippen LogP) is 2.27. The van der Waals surface area contributed by atoms with E-state index in [1.807, 2.05) is 0 Å². The molecule has 1 N–H and O–H groups in total. The van der Waals surface area contributed by atoms with Crippen molar-refractivity contribution in [2.75, 3.05) is 19.7 Å². The highest BCUT2D eigenvalue weighted by molar-refractivity contribution is 5.88. The zero-order valence-electron chi connectivity index (χ0n) is 14.4. The van der Waals surface area contributed by atoms with Gasteiger partial charge in [0, 0.05) is 13.1 Å².